The van der Waals surface area contributed by atoms with Crippen molar-refractivity contribution in [2.75, 3.05) is 18.5 Å². The Bertz CT molecular complexity index is 976. The Morgan fingerprint density at radius 2 is 1.58 bits per heavy atom. The van der Waals surface area contributed by atoms with Crippen LogP contribution in [0, 0.1) is 0 Å². The highest BCUT2D eigenvalue weighted by atomic mass is 16.5. The van der Waals surface area contributed by atoms with E-state index in [-0.39, 0.29) is 17.9 Å². The average molecular weight is 415 g/mol. The summed E-state index contributed by atoms with van der Waals surface area (Å²) in [6.07, 6.45) is 2.09. The number of carbonyl (C=O) groups excluding carboxylic acids is 2. The summed E-state index contributed by atoms with van der Waals surface area (Å²) >= 11 is 0. The minimum absolute atomic E-state index is 0.0874. The predicted octanol–water partition coefficient (Wildman–Crippen LogP) is 4.37. The van der Waals surface area contributed by atoms with E-state index in [9.17, 15) is 9.59 Å². The topological polar surface area (TPSA) is 67.4 Å². The quantitative estimate of drug-likeness (QED) is 0.603. The van der Waals surface area contributed by atoms with Gasteiger partial charge in [0.1, 0.15) is 0 Å². The number of benzene rings is 3. The monoisotopic (exact) mass is 414 g/mol. The molecule has 1 atom stereocenters. The lowest BCUT2D eigenvalue weighted by molar-refractivity contribution is -0.116. The maximum atomic E-state index is 13.3. The van der Waals surface area contributed by atoms with E-state index >= 15 is 0 Å². The highest BCUT2D eigenvalue weighted by Crippen LogP contribution is 2.26. The van der Waals surface area contributed by atoms with Gasteiger partial charge in [-0.15, -0.1) is 0 Å². The maximum absolute atomic E-state index is 13.3. The number of amides is 2. The van der Waals surface area contributed by atoms with Gasteiger partial charge in [-0.2, -0.15) is 0 Å². The van der Waals surface area contributed by atoms with E-state index in [0.29, 0.717) is 17.8 Å². The molecular formula is C26H26N2O3. The number of carbonyl (C=O) groups is 2. The van der Waals surface area contributed by atoms with Crippen LogP contribution in [0.5, 0.6) is 0 Å². The van der Waals surface area contributed by atoms with Gasteiger partial charge in [0.15, 0.2) is 0 Å². The molecule has 0 aliphatic carbocycles. The van der Waals surface area contributed by atoms with Crippen molar-refractivity contribution in [3.63, 3.8) is 0 Å². The number of anilines is 1. The normalized spacial score (nSPS) is 15.6. The van der Waals surface area contributed by atoms with Gasteiger partial charge in [0, 0.05) is 24.4 Å². The van der Waals surface area contributed by atoms with Gasteiger partial charge in [0.05, 0.1) is 12.0 Å². The van der Waals surface area contributed by atoms with Crippen molar-refractivity contribution in [1.29, 1.82) is 0 Å². The van der Waals surface area contributed by atoms with Crippen LogP contribution in [0.1, 0.15) is 40.2 Å². The Balaban J connectivity index is 1.48. The fraction of sp³-hybridized carbons (Fsp3) is 0.231. The van der Waals surface area contributed by atoms with Crippen molar-refractivity contribution >= 4 is 17.5 Å². The molecule has 0 bridgehead atoms. The highest BCUT2D eigenvalue weighted by molar-refractivity contribution is 6.00. The molecule has 5 nitrogen and oxygen atoms in total. The maximum Gasteiger partial charge on any atom is 0.251 e. The van der Waals surface area contributed by atoms with Crippen LogP contribution in [-0.4, -0.2) is 31.1 Å². The molecule has 1 aliphatic heterocycles. The van der Waals surface area contributed by atoms with Gasteiger partial charge in [-0.3, -0.25) is 9.59 Å². The van der Waals surface area contributed by atoms with Crippen molar-refractivity contribution in [1.82, 2.24) is 5.32 Å². The number of hydrogen-bond acceptors (Lipinski definition) is 3. The summed E-state index contributed by atoms with van der Waals surface area (Å²) in [6, 6.07) is 26.4. The summed E-state index contributed by atoms with van der Waals surface area (Å²) in [4.78, 5) is 25.8. The van der Waals surface area contributed by atoms with Crippen LogP contribution >= 0.6 is 0 Å². The molecule has 0 unspecified atom stereocenters. The highest BCUT2D eigenvalue weighted by Gasteiger charge is 2.23. The first-order valence-electron chi connectivity index (χ1n) is 10.6. The summed E-state index contributed by atoms with van der Waals surface area (Å²) in [7, 11) is 0. The van der Waals surface area contributed by atoms with E-state index < -0.39 is 5.92 Å². The largest absolute Gasteiger partial charge is 0.376 e. The van der Waals surface area contributed by atoms with Crippen LogP contribution in [0.3, 0.4) is 0 Å². The van der Waals surface area contributed by atoms with Crippen LogP contribution in [0.2, 0.25) is 0 Å². The molecule has 1 saturated heterocycles. The molecule has 0 aromatic heterocycles. The summed E-state index contributed by atoms with van der Waals surface area (Å²) in [5.74, 6) is -0.761. The third kappa shape index (κ3) is 5.38. The predicted molar refractivity (Wildman–Crippen MR) is 121 cm³/mol. The molecule has 0 spiro atoms. The number of hydrogen-bond donors (Lipinski definition) is 2. The van der Waals surface area contributed by atoms with Crippen LogP contribution in [0.25, 0.3) is 0 Å². The molecule has 5 heteroatoms. The number of rotatable bonds is 7. The molecule has 2 amide bonds. The fourth-order valence-corrected chi connectivity index (χ4v) is 3.85. The molecular weight excluding hydrogens is 388 g/mol. The standard InChI is InChI=1S/C26H26N2O3/c29-25(27-18-23-15-8-16-31-23)21-13-7-14-22(17-21)28-26(30)24(19-9-3-1-4-10-19)20-11-5-2-6-12-20/h1-7,9-14,17,23-24H,8,15-16,18H2,(H,27,29)(H,28,30)/t23-/m0/s1. The summed E-state index contributed by atoms with van der Waals surface area (Å²) in [6.45, 7) is 1.26. The number of ether oxygens (including phenoxy) is 1. The van der Waals surface area contributed by atoms with Crippen molar-refractivity contribution in [3.05, 3.63) is 102 Å². The minimum atomic E-state index is -0.445. The summed E-state index contributed by atoms with van der Waals surface area (Å²) in [5.41, 5.74) is 2.92. The van der Waals surface area contributed by atoms with E-state index in [1.807, 2.05) is 60.7 Å². The smallest absolute Gasteiger partial charge is 0.251 e. The van der Waals surface area contributed by atoms with E-state index in [4.69, 9.17) is 4.74 Å². The van der Waals surface area contributed by atoms with Gasteiger partial charge < -0.3 is 15.4 Å². The summed E-state index contributed by atoms with van der Waals surface area (Å²) in [5, 5.41) is 5.91. The van der Waals surface area contributed by atoms with E-state index in [1.54, 1.807) is 24.3 Å². The van der Waals surface area contributed by atoms with Crippen LogP contribution < -0.4 is 10.6 Å². The Hall–Kier alpha value is -3.44. The molecule has 0 radical (unpaired) electrons. The molecule has 1 aliphatic rings. The van der Waals surface area contributed by atoms with Crippen molar-refractivity contribution < 1.29 is 14.3 Å². The first kappa shape index (κ1) is 20.8. The Morgan fingerprint density at radius 3 is 2.19 bits per heavy atom. The lowest BCUT2D eigenvalue weighted by atomic mass is 9.90. The third-order valence-electron chi connectivity index (χ3n) is 5.43. The molecule has 3 aromatic rings. The van der Waals surface area contributed by atoms with Gasteiger partial charge in [-0.05, 0) is 42.2 Å². The lowest BCUT2D eigenvalue weighted by Gasteiger charge is -2.18. The Morgan fingerprint density at radius 1 is 0.903 bits per heavy atom. The zero-order chi connectivity index (χ0) is 21.5. The van der Waals surface area contributed by atoms with Gasteiger partial charge in [0.25, 0.3) is 5.91 Å². The van der Waals surface area contributed by atoms with Crippen LogP contribution in [0.4, 0.5) is 5.69 Å². The average Bonchev–Trinajstić information content (AvgIpc) is 3.33. The van der Waals surface area contributed by atoms with Crippen molar-refractivity contribution in [2.45, 2.75) is 24.9 Å². The second kappa shape index (κ2) is 10.0. The van der Waals surface area contributed by atoms with Gasteiger partial charge in [-0.25, -0.2) is 0 Å². The lowest BCUT2D eigenvalue weighted by Crippen LogP contribution is -2.31. The molecule has 1 heterocycles. The van der Waals surface area contributed by atoms with Gasteiger partial charge in [0.2, 0.25) is 5.91 Å². The zero-order valence-electron chi connectivity index (χ0n) is 17.3. The van der Waals surface area contributed by atoms with E-state index in [1.165, 1.54) is 0 Å². The third-order valence-corrected chi connectivity index (χ3v) is 5.43. The Labute approximate surface area is 182 Å². The second-order valence-electron chi connectivity index (χ2n) is 7.67. The van der Waals surface area contributed by atoms with Crippen molar-refractivity contribution in [3.8, 4) is 0 Å². The molecule has 2 N–H and O–H groups in total. The second-order valence-corrected chi connectivity index (χ2v) is 7.67. The molecule has 158 valence electrons. The van der Waals surface area contributed by atoms with Crippen LogP contribution in [0.15, 0.2) is 84.9 Å². The molecule has 3 aromatic carbocycles. The van der Waals surface area contributed by atoms with E-state index in [0.717, 1.165) is 30.6 Å². The van der Waals surface area contributed by atoms with Crippen LogP contribution in [-0.2, 0) is 9.53 Å². The minimum Gasteiger partial charge on any atom is -0.376 e. The van der Waals surface area contributed by atoms with Crippen molar-refractivity contribution in [2.24, 2.45) is 0 Å². The fourth-order valence-electron chi connectivity index (χ4n) is 3.85. The first-order valence-corrected chi connectivity index (χ1v) is 10.6. The first-order chi connectivity index (χ1) is 15.2. The SMILES string of the molecule is O=C(NC[C@@H]1CCCO1)c1cccc(NC(=O)C(c2ccccc2)c2ccccc2)c1. The zero-order valence-corrected chi connectivity index (χ0v) is 17.3. The van der Waals surface area contributed by atoms with E-state index in [2.05, 4.69) is 10.6 Å². The van der Waals surface area contributed by atoms with Gasteiger partial charge >= 0.3 is 0 Å². The molecule has 31 heavy (non-hydrogen) atoms. The molecule has 1 fully saturated rings. The summed E-state index contributed by atoms with van der Waals surface area (Å²) < 4.78 is 5.55. The molecule has 4 rings (SSSR count). The van der Waals surface area contributed by atoms with Gasteiger partial charge in [-0.1, -0.05) is 66.7 Å². The Kier molecular flexibility index (Phi) is 6.75. The molecule has 0 saturated carbocycles. The number of nitrogens with one attached hydrogen (secondary N) is 2.